The predicted molar refractivity (Wildman–Crippen MR) is 120 cm³/mol. The van der Waals surface area contributed by atoms with Gasteiger partial charge in [-0.25, -0.2) is 15.0 Å². The predicted octanol–water partition coefficient (Wildman–Crippen LogP) is 5.31. The lowest BCUT2D eigenvalue weighted by molar-refractivity contribution is 1.11. The molecule has 8 heteroatoms. The number of hydrogen-bond donors (Lipinski definition) is 3. The first kappa shape index (κ1) is 15.8. The molecule has 0 aliphatic carbocycles. The van der Waals surface area contributed by atoms with E-state index < -0.39 is 0 Å². The number of para-hydroxylation sites is 1. The van der Waals surface area contributed by atoms with Crippen molar-refractivity contribution in [2.45, 2.75) is 0 Å². The average Bonchev–Trinajstić information content (AvgIpc) is 3.50. The monoisotopic (exact) mass is 407 g/mol. The van der Waals surface area contributed by atoms with Crippen molar-refractivity contribution >= 4 is 64.9 Å². The quantitative estimate of drug-likeness (QED) is 0.317. The number of nitrogens with one attached hydrogen (secondary N) is 3. The topological polar surface area (TPSA) is 98.9 Å². The molecule has 0 spiro atoms. The van der Waals surface area contributed by atoms with Gasteiger partial charge in [-0.1, -0.05) is 12.1 Å². The van der Waals surface area contributed by atoms with Gasteiger partial charge in [0.1, 0.15) is 5.69 Å². The number of H-pyrrole nitrogens is 3. The molecule has 7 rings (SSSR count). The van der Waals surface area contributed by atoms with Crippen molar-refractivity contribution in [2.75, 3.05) is 0 Å². The van der Waals surface area contributed by atoms with Crippen LogP contribution in [0.2, 0.25) is 0 Å². The molecular weight excluding hydrogens is 394 g/mol. The molecule has 30 heavy (non-hydrogen) atoms. The van der Waals surface area contributed by atoms with E-state index in [1.165, 1.54) is 0 Å². The maximum atomic E-state index is 4.90. The van der Waals surface area contributed by atoms with Crippen LogP contribution in [-0.4, -0.2) is 35.1 Å². The number of fused-ring (bicyclic) bond motifs is 9. The van der Waals surface area contributed by atoms with Gasteiger partial charge in [-0.05, 0) is 30.3 Å². The Labute approximate surface area is 172 Å². The highest BCUT2D eigenvalue weighted by atomic mass is 32.1. The Kier molecular flexibility index (Phi) is 3.03. The van der Waals surface area contributed by atoms with E-state index in [2.05, 4.69) is 55.5 Å². The fraction of sp³-hybridized carbons (Fsp3) is 0. The standard InChI is InChI=1S/C22H13N7S/c1-2-14-17-4-5-18(30-17)25-13-6-11(8-23-10-13)12-7-15-20(28-29-21(15)24-9-12)22-26-16(3-1)19(14)27-22/h1-10,25,28H,(H,24,29). The summed E-state index contributed by atoms with van der Waals surface area (Å²) in [6, 6.07) is 14.5. The van der Waals surface area contributed by atoms with Gasteiger partial charge >= 0.3 is 0 Å². The van der Waals surface area contributed by atoms with Gasteiger partial charge in [-0.2, -0.15) is 0 Å². The van der Waals surface area contributed by atoms with Gasteiger partial charge in [0.25, 0.3) is 0 Å². The first-order valence-electron chi connectivity index (χ1n) is 9.48. The van der Waals surface area contributed by atoms with Gasteiger partial charge in [-0.15, -0.1) is 11.3 Å². The molecule has 4 aromatic heterocycles. The van der Waals surface area contributed by atoms with Crippen LogP contribution >= 0.6 is 11.3 Å². The number of hydrogen-bond acceptors (Lipinski definition) is 5. The van der Waals surface area contributed by atoms with E-state index in [0.717, 1.165) is 59.1 Å². The first-order chi connectivity index (χ1) is 14.8. The van der Waals surface area contributed by atoms with E-state index >= 15 is 0 Å². The van der Waals surface area contributed by atoms with E-state index in [4.69, 9.17) is 9.97 Å². The van der Waals surface area contributed by atoms with E-state index in [-0.39, 0.29) is 0 Å². The van der Waals surface area contributed by atoms with Crippen LogP contribution in [0.15, 0.2) is 61.1 Å². The molecule has 3 N–H and O–H groups in total. The van der Waals surface area contributed by atoms with Gasteiger partial charge in [-0.3, -0.25) is 15.2 Å². The number of pyridine rings is 2. The Balaban J connectivity index is 1.75. The maximum Gasteiger partial charge on any atom is 0.179 e. The van der Waals surface area contributed by atoms with E-state index in [9.17, 15) is 0 Å². The fourth-order valence-corrected chi connectivity index (χ4v) is 4.88. The normalized spacial score (nSPS) is 12.0. The second-order valence-electron chi connectivity index (χ2n) is 7.22. The van der Waals surface area contributed by atoms with Crippen molar-refractivity contribution in [3.63, 3.8) is 0 Å². The van der Waals surface area contributed by atoms with Crippen LogP contribution < -0.4 is 0 Å². The van der Waals surface area contributed by atoms with Gasteiger partial charge in [0.2, 0.25) is 0 Å². The molecule has 0 saturated heterocycles. The second kappa shape index (κ2) is 5.74. The van der Waals surface area contributed by atoms with Gasteiger partial charge in [0.15, 0.2) is 11.3 Å². The van der Waals surface area contributed by atoms with Crippen LogP contribution in [0.5, 0.6) is 0 Å². The van der Waals surface area contributed by atoms with Crippen molar-refractivity contribution in [3.05, 3.63) is 61.1 Å². The molecule has 1 aromatic carbocycles. The second-order valence-corrected chi connectivity index (χ2v) is 8.30. The van der Waals surface area contributed by atoms with E-state index in [1.54, 1.807) is 11.3 Å². The molecule has 0 amide bonds. The van der Waals surface area contributed by atoms with Gasteiger partial charge in [0.05, 0.1) is 27.6 Å². The van der Waals surface area contributed by atoms with Crippen molar-refractivity contribution in [3.8, 4) is 11.3 Å². The fourth-order valence-electron chi connectivity index (χ4n) is 3.93. The molecule has 6 heterocycles. The Morgan fingerprint density at radius 3 is 2.83 bits per heavy atom. The molecule has 2 aliphatic rings. The Morgan fingerprint density at radius 2 is 1.83 bits per heavy atom. The van der Waals surface area contributed by atoms with Crippen molar-refractivity contribution < 1.29 is 0 Å². The number of aromatic amines is 3. The summed E-state index contributed by atoms with van der Waals surface area (Å²) in [7, 11) is 0. The molecule has 8 bridgehead atoms. The van der Waals surface area contributed by atoms with Crippen LogP contribution in [0.25, 0.3) is 64.8 Å². The third-order valence-electron chi connectivity index (χ3n) is 5.36. The zero-order valence-electron chi connectivity index (χ0n) is 15.5. The van der Waals surface area contributed by atoms with Crippen LogP contribution in [0.3, 0.4) is 0 Å². The minimum absolute atomic E-state index is 0.652. The number of imidazole rings is 1. The van der Waals surface area contributed by atoms with Crippen LogP contribution in [0, 0.1) is 0 Å². The minimum atomic E-state index is 0.652. The molecular formula is C22H13N7S. The number of thiophene rings is 1. The number of aromatic nitrogens is 7. The number of benzene rings is 1. The number of rotatable bonds is 0. The largest absolute Gasteiger partial charge is 0.346 e. The van der Waals surface area contributed by atoms with Crippen LogP contribution in [0.1, 0.15) is 0 Å². The summed E-state index contributed by atoms with van der Waals surface area (Å²) in [5.41, 5.74) is 5.88. The lowest BCUT2D eigenvalue weighted by Gasteiger charge is -1.98. The highest BCUT2D eigenvalue weighted by Gasteiger charge is 2.14. The Bertz CT molecular complexity index is 1770. The molecule has 7 nitrogen and oxygen atoms in total. The molecule has 0 fully saturated rings. The van der Waals surface area contributed by atoms with Gasteiger partial charge < -0.3 is 4.98 Å². The summed E-state index contributed by atoms with van der Waals surface area (Å²) in [6.45, 7) is 0. The van der Waals surface area contributed by atoms with Crippen molar-refractivity contribution in [1.29, 1.82) is 0 Å². The van der Waals surface area contributed by atoms with Crippen LogP contribution in [-0.2, 0) is 0 Å². The average molecular weight is 407 g/mol. The maximum absolute atomic E-state index is 4.90. The smallest absolute Gasteiger partial charge is 0.179 e. The molecule has 0 saturated carbocycles. The highest BCUT2D eigenvalue weighted by Crippen LogP contribution is 2.31. The summed E-state index contributed by atoms with van der Waals surface area (Å²) in [5, 5.41) is 9.38. The van der Waals surface area contributed by atoms with Crippen molar-refractivity contribution in [2.24, 2.45) is 0 Å². The minimum Gasteiger partial charge on any atom is -0.346 e. The van der Waals surface area contributed by atoms with Crippen molar-refractivity contribution in [1.82, 2.24) is 35.1 Å². The Morgan fingerprint density at radius 1 is 0.867 bits per heavy atom. The first-order valence-corrected chi connectivity index (χ1v) is 10.3. The van der Waals surface area contributed by atoms with Crippen LogP contribution in [0.4, 0.5) is 0 Å². The third-order valence-corrected chi connectivity index (χ3v) is 6.39. The molecule has 0 radical (unpaired) electrons. The summed E-state index contributed by atoms with van der Waals surface area (Å²) in [5.74, 6) is 0. The Hall–Kier alpha value is -4.04. The number of nitrogens with zero attached hydrogens (tertiary/aromatic N) is 4. The van der Waals surface area contributed by atoms with Gasteiger partial charge in [0, 0.05) is 38.8 Å². The molecule has 0 atom stereocenters. The molecule has 2 aliphatic heterocycles. The lowest BCUT2D eigenvalue weighted by Crippen LogP contribution is -1.82. The molecule has 142 valence electrons. The zero-order valence-corrected chi connectivity index (χ0v) is 16.3. The third kappa shape index (κ3) is 2.25. The molecule has 0 unspecified atom stereocenters. The van der Waals surface area contributed by atoms with E-state index in [0.29, 0.717) is 5.65 Å². The zero-order chi connectivity index (χ0) is 19.7. The summed E-state index contributed by atoms with van der Waals surface area (Å²) in [4.78, 5) is 23.2. The highest BCUT2D eigenvalue weighted by molar-refractivity contribution is 7.23. The summed E-state index contributed by atoms with van der Waals surface area (Å²) in [6.07, 6.45) is 5.53. The van der Waals surface area contributed by atoms with E-state index in [1.807, 2.05) is 30.7 Å². The summed E-state index contributed by atoms with van der Waals surface area (Å²) < 4.78 is 1.14. The molecule has 5 aromatic rings. The summed E-state index contributed by atoms with van der Waals surface area (Å²) >= 11 is 1.68. The lowest BCUT2D eigenvalue weighted by atomic mass is 10.1. The SMILES string of the molecule is c1cc2nc3nc2c(c1)c1ccc([nH]c2cncc(c2)c2cnc4[nH][nH]c3-c4c2)s1.